The fourth-order valence-electron chi connectivity index (χ4n) is 5.97. The maximum atomic E-state index is 6.30. The summed E-state index contributed by atoms with van der Waals surface area (Å²) in [5.74, 6) is 1.82. The van der Waals surface area contributed by atoms with Gasteiger partial charge in [-0.25, -0.2) is 0 Å². The first-order chi connectivity index (χ1) is 24.2. The molecule has 0 amide bonds. The second kappa shape index (κ2) is 35.6. The fourth-order valence-corrected chi connectivity index (χ4v) is 5.97. The molecule has 0 bridgehead atoms. The van der Waals surface area contributed by atoms with Gasteiger partial charge in [-0.1, -0.05) is 152 Å². The third-order valence-corrected chi connectivity index (χ3v) is 8.96. The third kappa shape index (κ3) is 30.3. The van der Waals surface area contributed by atoms with Gasteiger partial charge in [0, 0.05) is 6.54 Å². The molecule has 0 aliphatic heterocycles. The van der Waals surface area contributed by atoms with Crippen molar-refractivity contribution >= 4 is 0 Å². The van der Waals surface area contributed by atoms with E-state index in [2.05, 4.69) is 99.6 Å². The van der Waals surface area contributed by atoms with E-state index in [1.165, 1.54) is 140 Å². The zero-order valence-corrected chi connectivity index (χ0v) is 32.9. The number of unbranched alkanes of at least 4 members (excludes halogenated alkanes) is 19. The van der Waals surface area contributed by atoms with Crippen LogP contribution in [0.1, 0.15) is 180 Å². The van der Waals surface area contributed by atoms with Crippen molar-refractivity contribution in [3.8, 4) is 11.5 Å². The lowest BCUT2D eigenvalue weighted by Crippen LogP contribution is -2.11. The van der Waals surface area contributed by atoms with Gasteiger partial charge in [0.1, 0.15) is 0 Å². The van der Waals surface area contributed by atoms with E-state index in [4.69, 9.17) is 9.47 Å². The zero-order valence-electron chi connectivity index (χ0n) is 32.9. The minimum atomic E-state index is 0.765. The molecule has 0 saturated carbocycles. The molecule has 0 radical (unpaired) electrons. The summed E-state index contributed by atoms with van der Waals surface area (Å²) in [4.78, 5) is 2.20. The van der Waals surface area contributed by atoms with Crippen molar-refractivity contribution in [2.75, 3.05) is 27.3 Å². The topological polar surface area (TPSA) is 21.7 Å². The maximum absolute atomic E-state index is 6.30. The predicted molar refractivity (Wildman–Crippen MR) is 218 cm³/mol. The molecular weight excluding hydrogens is 599 g/mol. The number of allylic oxidation sites excluding steroid dienone is 8. The summed E-state index contributed by atoms with van der Waals surface area (Å²) in [6.45, 7) is 6.98. The average molecular weight is 678 g/mol. The van der Waals surface area contributed by atoms with Gasteiger partial charge in [-0.3, -0.25) is 0 Å². The highest BCUT2D eigenvalue weighted by molar-refractivity contribution is 5.43. The van der Waals surface area contributed by atoms with E-state index in [-0.39, 0.29) is 0 Å². The van der Waals surface area contributed by atoms with Crippen LogP contribution in [0.3, 0.4) is 0 Å². The Morgan fingerprint density at radius 3 is 1.31 bits per heavy atom. The van der Waals surface area contributed by atoms with Crippen molar-refractivity contribution < 1.29 is 9.47 Å². The smallest absolute Gasteiger partial charge is 0.161 e. The molecule has 0 unspecified atom stereocenters. The lowest BCUT2D eigenvalue weighted by Gasteiger charge is -2.16. The fraction of sp³-hybridized carbons (Fsp3) is 0.696. The first kappa shape index (κ1) is 44.8. The third-order valence-electron chi connectivity index (χ3n) is 8.96. The Kier molecular flexibility index (Phi) is 32.5. The molecule has 0 N–H and O–H groups in total. The molecule has 0 aliphatic carbocycles. The lowest BCUT2D eigenvalue weighted by molar-refractivity contribution is 0.257. The first-order valence-electron chi connectivity index (χ1n) is 20.8. The summed E-state index contributed by atoms with van der Waals surface area (Å²) in [7, 11) is 4.22. The van der Waals surface area contributed by atoms with Gasteiger partial charge in [-0.2, -0.15) is 0 Å². The summed E-state index contributed by atoms with van der Waals surface area (Å²) >= 11 is 0. The molecule has 0 aromatic heterocycles. The van der Waals surface area contributed by atoms with Gasteiger partial charge in [0.05, 0.1) is 13.2 Å². The predicted octanol–water partition coefficient (Wildman–Crippen LogP) is 14.5. The van der Waals surface area contributed by atoms with Crippen molar-refractivity contribution in [2.45, 2.75) is 181 Å². The van der Waals surface area contributed by atoms with Gasteiger partial charge < -0.3 is 14.4 Å². The molecule has 0 atom stereocenters. The Morgan fingerprint density at radius 2 is 0.837 bits per heavy atom. The van der Waals surface area contributed by atoms with E-state index >= 15 is 0 Å². The van der Waals surface area contributed by atoms with Crippen LogP contribution in [-0.2, 0) is 6.54 Å². The number of rotatable bonds is 35. The van der Waals surface area contributed by atoms with Crippen LogP contribution >= 0.6 is 0 Å². The highest BCUT2D eigenvalue weighted by Crippen LogP contribution is 2.29. The van der Waals surface area contributed by atoms with Crippen LogP contribution in [0.5, 0.6) is 11.5 Å². The van der Waals surface area contributed by atoms with Crippen molar-refractivity contribution in [3.63, 3.8) is 0 Å². The Hall–Kier alpha value is -2.26. The summed E-state index contributed by atoms with van der Waals surface area (Å²) in [5.41, 5.74) is 1.27. The standard InChI is InChI=1S/C46H79NO2/c1-5-7-9-11-13-15-17-19-21-23-25-26-28-30-32-34-36-40-48-45-39-38-44(43-47(3)4)42-46(45)49-41-37-35-33-31-29-27-24-22-20-18-16-14-12-10-8-6-2/h14-17,20-23,38-39,42H,5-13,18-19,24-37,40-41,43H2,1-4H3/b16-14-,17-15-,22-20-,23-21-. The molecule has 0 saturated heterocycles. The Morgan fingerprint density at radius 1 is 0.449 bits per heavy atom. The van der Waals surface area contributed by atoms with Crippen LogP contribution in [0, 0.1) is 0 Å². The molecule has 1 aromatic carbocycles. The molecule has 1 rings (SSSR count). The van der Waals surface area contributed by atoms with Gasteiger partial charge in [0.2, 0.25) is 0 Å². The van der Waals surface area contributed by atoms with Crippen LogP contribution in [0.25, 0.3) is 0 Å². The number of ether oxygens (including phenoxy) is 2. The van der Waals surface area contributed by atoms with E-state index in [0.717, 1.165) is 56.9 Å². The highest BCUT2D eigenvalue weighted by atomic mass is 16.5. The maximum Gasteiger partial charge on any atom is 0.161 e. The van der Waals surface area contributed by atoms with Crippen molar-refractivity contribution in [2.24, 2.45) is 0 Å². The quantitative estimate of drug-likeness (QED) is 0.0527. The molecule has 0 heterocycles. The van der Waals surface area contributed by atoms with E-state index in [1.807, 2.05) is 0 Å². The van der Waals surface area contributed by atoms with Crippen molar-refractivity contribution in [1.82, 2.24) is 4.90 Å². The lowest BCUT2D eigenvalue weighted by atomic mass is 10.1. The zero-order chi connectivity index (χ0) is 35.3. The van der Waals surface area contributed by atoms with Crippen LogP contribution < -0.4 is 9.47 Å². The number of hydrogen-bond donors (Lipinski definition) is 0. The summed E-state index contributed by atoms with van der Waals surface area (Å²) in [6, 6.07) is 6.48. The summed E-state index contributed by atoms with van der Waals surface area (Å²) in [5, 5.41) is 0. The normalized spacial score (nSPS) is 12.2. The Balaban J connectivity index is 2.14. The molecule has 3 heteroatoms. The number of benzene rings is 1. The van der Waals surface area contributed by atoms with Gasteiger partial charge in [-0.15, -0.1) is 0 Å². The molecular formula is C46H79NO2. The van der Waals surface area contributed by atoms with Gasteiger partial charge in [0.15, 0.2) is 11.5 Å². The van der Waals surface area contributed by atoms with Gasteiger partial charge in [-0.05, 0) is 109 Å². The minimum absolute atomic E-state index is 0.765. The highest BCUT2D eigenvalue weighted by Gasteiger charge is 2.08. The molecule has 1 aromatic rings. The molecule has 280 valence electrons. The summed E-state index contributed by atoms with van der Waals surface area (Å²) in [6.07, 6.45) is 50.5. The molecule has 0 fully saturated rings. The van der Waals surface area contributed by atoms with Crippen LogP contribution in [0.4, 0.5) is 0 Å². The van der Waals surface area contributed by atoms with E-state index in [0.29, 0.717) is 0 Å². The molecule has 3 nitrogen and oxygen atoms in total. The van der Waals surface area contributed by atoms with Crippen molar-refractivity contribution in [1.29, 1.82) is 0 Å². The van der Waals surface area contributed by atoms with E-state index < -0.39 is 0 Å². The summed E-state index contributed by atoms with van der Waals surface area (Å²) < 4.78 is 12.5. The van der Waals surface area contributed by atoms with Crippen LogP contribution in [0.2, 0.25) is 0 Å². The van der Waals surface area contributed by atoms with E-state index in [1.54, 1.807) is 0 Å². The van der Waals surface area contributed by atoms with Crippen LogP contribution in [0.15, 0.2) is 66.8 Å². The van der Waals surface area contributed by atoms with Crippen molar-refractivity contribution in [3.05, 3.63) is 72.4 Å². The molecule has 0 aliphatic rings. The van der Waals surface area contributed by atoms with Crippen LogP contribution in [-0.4, -0.2) is 32.2 Å². The Labute approximate surface area is 305 Å². The Bertz CT molecular complexity index is 960. The largest absolute Gasteiger partial charge is 0.490 e. The average Bonchev–Trinajstić information content (AvgIpc) is 3.09. The first-order valence-corrected chi connectivity index (χ1v) is 20.8. The monoisotopic (exact) mass is 678 g/mol. The van der Waals surface area contributed by atoms with Gasteiger partial charge >= 0.3 is 0 Å². The van der Waals surface area contributed by atoms with E-state index in [9.17, 15) is 0 Å². The minimum Gasteiger partial charge on any atom is -0.490 e. The number of nitrogens with zero attached hydrogens (tertiary/aromatic N) is 1. The SMILES string of the molecule is CCCCC/C=C\C/C=C\CCCCCCCCOc1cc(CN(C)C)ccc1OCCCCCCCC/C=C\C/C=C\CCCCCC. The molecule has 0 spiro atoms. The number of hydrogen-bond acceptors (Lipinski definition) is 3. The molecule has 49 heavy (non-hydrogen) atoms. The van der Waals surface area contributed by atoms with Gasteiger partial charge in [0.25, 0.3) is 0 Å². The second-order valence-corrected chi connectivity index (χ2v) is 14.2. The second-order valence-electron chi connectivity index (χ2n) is 14.2.